The van der Waals surface area contributed by atoms with Crippen molar-refractivity contribution in [1.82, 2.24) is 20.4 Å². The Bertz CT molecular complexity index is 699. The number of piperazine rings is 1. The van der Waals surface area contributed by atoms with E-state index in [0.717, 1.165) is 96.4 Å². The average molecular weight is 559 g/mol. The number of anilines is 1. The molecule has 0 aliphatic carbocycles. The fourth-order valence-electron chi connectivity index (χ4n) is 4.36. The molecular formula is C24H40FIN6. The lowest BCUT2D eigenvalue weighted by Gasteiger charge is -2.36. The molecule has 0 bridgehead atoms. The average Bonchev–Trinajstić information content (AvgIpc) is 2.79. The third-order valence-corrected chi connectivity index (χ3v) is 6.13. The van der Waals surface area contributed by atoms with Gasteiger partial charge in [0.05, 0.1) is 5.69 Å². The zero-order valence-corrected chi connectivity index (χ0v) is 21.8. The van der Waals surface area contributed by atoms with E-state index in [4.69, 9.17) is 4.99 Å². The van der Waals surface area contributed by atoms with E-state index in [-0.39, 0.29) is 29.8 Å². The topological polar surface area (TPSA) is 46.1 Å². The number of likely N-dealkylation sites (tertiary alicyclic amines) is 1. The summed E-state index contributed by atoms with van der Waals surface area (Å²) in [6, 6.07) is 7.56. The molecule has 2 aliphatic heterocycles. The van der Waals surface area contributed by atoms with Gasteiger partial charge in [-0.25, -0.2) is 4.39 Å². The van der Waals surface area contributed by atoms with Gasteiger partial charge >= 0.3 is 0 Å². The summed E-state index contributed by atoms with van der Waals surface area (Å²) in [6.45, 7) is 15.6. The highest BCUT2D eigenvalue weighted by molar-refractivity contribution is 14.0. The van der Waals surface area contributed by atoms with Crippen LogP contribution in [0.2, 0.25) is 0 Å². The van der Waals surface area contributed by atoms with Gasteiger partial charge in [0.15, 0.2) is 5.96 Å². The Morgan fingerprint density at radius 3 is 2.50 bits per heavy atom. The van der Waals surface area contributed by atoms with Crippen molar-refractivity contribution in [2.24, 2.45) is 4.99 Å². The lowest BCUT2D eigenvalue weighted by Crippen LogP contribution is -2.48. The first-order chi connectivity index (χ1) is 15.2. The summed E-state index contributed by atoms with van der Waals surface area (Å²) in [5, 5.41) is 7.01. The third kappa shape index (κ3) is 8.51. The number of halogens is 2. The number of piperidine rings is 1. The van der Waals surface area contributed by atoms with E-state index >= 15 is 0 Å². The summed E-state index contributed by atoms with van der Waals surface area (Å²) in [5.74, 6) is 0.814. The molecule has 3 rings (SSSR count). The quantitative estimate of drug-likeness (QED) is 0.160. The van der Waals surface area contributed by atoms with Crippen LogP contribution in [0, 0.1) is 5.82 Å². The summed E-state index contributed by atoms with van der Waals surface area (Å²) in [6.07, 6.45) is 5.31. The molecule has 32 heavy (non-hydrogen) atoms. The minimum atomic E-state index is -0.125. The Morgan fingerprint density at radius 1 is 1.12 bits per heavy atom. The van der Waals surface area contributed by atoms with Crippen LogP contribution in [0.15, 0.2) is 41.9 Å². The number of hydrogen-bond donors (Lipinski definition) is 2. The van der Waals surface area contributed by atoms with Crippen LogP contribution >= 0.6 is 24.0 Å². The van der Waals surface area contributed by atoms with Gasteiger partial charge in [-0.2, -0.15) is 0 Å². The van der Waals surface area contributed by atoms with E-state index in [2.05, 4.69) is 38.8 Å². The zero-order chi connectivity index (χ0) is 21.9. The summed E-state index contributed by atoms with van der Waals surface area (Å²) in [7, 11) is 0. The van der Waals surface area contributed by atoms with Gasteiger partial charge in [0.1, 0.15) is 5.82 Å². The first-order valence-electron chi connectivity index (χ1n) is 11.8. The molecule has 0 aromatic heterocycles. The molecule has 0 atom stereocenters. The Hall–Kier alpha value is -1.39. The van der Waals surface area contributed by atoms with Crippen LogP contribution in [0.5, 0.6) is 0 Å². The molecule has 2 saturated heterocycles. The van der Waals surface area contributed by atoms with Crippen molar-refractivity contribution in [2.45, 2.75) is 32.2 Å². The smallest absolute Gasteiger partial charge is 0.191 e. The second kappa shape index (κ2) is 14.7. The monoisotopic (exact) mass is 558 g/mol. The number of para-hydroxylation sites is 1. The number of hydrogen-bond acceptors (Lipinski definition) is 4. The molecule has 0 spiro atoms. The van der Waals surface area contributed by atoms with Crippen LogP contribution in [0.25, 0.3) is 0 Å². The molecule has 1 aromatic rings. The number of benzene rings is 1. The SMILES string of the molecule is C=CCN1CCC(NC(=NCCCN2CCN(c3ccccc3F)CC2)NCC)CC1.I. The summed E-state index contributed by atoms with van der Waals surface area (Å²) >= 11 is 0. The van der Waals surface area contributed by atoms with Gasteiger partial charge in [0.2, 0.25) is 0 Å². The molecule has 2 N–H and O–H groups in total. The fourth-order valence-corrected chi connectivity index (χ4v) is 4.36. The van der Waals surface area contributed by atoms with Gasteiger partial charge in [0.25, 0.3) is 0 Å². The van der Waals surface area contributed by atoms with Crippen LogP contribution in [0.3, 0.4) is 0 Å². The second-order valence-corrected chi connectivity index (χ2v) is 8.40. The summed E-state index contributed by atoms with van der Waals surface area (Å²) < 4.78 is 14.0. The number of nitrogens with one attached hydrogen (secondary N) is 2. The normalized spacial score (nSPS) is 18.8. The molecule has 0 saturated carbocycles. The summed E-state index contributed by atoms with van der Waals surface area (Å²) in [4.78, 5) is 11.9. The van der Waals surface area contributed by atoms with Crippen LogP contribution < -0.4 is 15.5 Å². The molecule has 1 aromatic carbocycles. The maximum atomic E-state index is 14.0. The Morgan fingerprint density at radius 2 is 1.84 bits per heavy atom. The Kier molecular flexibility index (Phi) is 12.3. The minimum absolute atomic E-state index is 0. The van der Waals surface area contributed by atoms with E-state index in [1.807, 2.05) is 18.2 Å². The lowest BCUT2D eigenvalue weighted by molar-refractivity contribution is 0.225. The van der Waals surface area contributed by atoms with E-state index < -0.39 is 0 Å². The van der Waals surface area contributed by atoms with Gasteiger partial charge in [-0.1, -0.05) is 18.2 Å². The van der Waals surface area contributed by atoms with Gasteiger partial charge in [-0.15, -0.1) is 30.6 Å². The van der Waals surface area contributed by atoms with Crippen molar-refractivity contribution >= 4 is 35.6 Å². The van der Waals surface area contributed by atoms with Crippen molar-refractivity contribution < 1.29 is 4.39 Å². The number of guanidine groups is 1. The van der Waals surface area contributed by atoms with Crippen LogP contribution in [-0.2, 0) is 0 Å². The van der Waals surface area contributed by atoms with Gasteiger partial charge in [-0.3, -0.25) is 14.8 Å². The van der Waals surface area contributed by atoms with Crippen molar-refractivity contribution in [1.29, 1.82) is 0 Å². The van der Waals surface area contributed by atoms with Gasteiger partial charge in [0, 0.05) is 71.5 Å². The summed E-state index contributed by atoms with van der Waals surface area (Å²) in [5.41, 5.74) is 0.725. The maximum Gasteiger partial charge on any atom is 0.191 e. The second-order valence-electron chi connectivity index (χ2n) is 8.40. The Labute approximate surface area is 210 Å². The van der Waals surface area contributed by atoms with Crippen molar-refractivity contribution in [2.75, 3.05) is 70.3 Å². The molecule has 2 heterocycles. The van der Waals surface area contributed by atoms with Crippen molar-refractivity contribution in [3.63, 3.8) is 0 Å². The van der Waals surface area contributed by atoms with Crippen LogP contribution in [0.1, 0.15) is 26.2 Å². The number of nitrogens with zero attached hydrogens (tertiary/aromatic N) is 4. The first kappa shape index (κ1) is 26.9. The predicted octanol–water partition coefficient (Wildman–Crippen LogP) is 3.16. The molecule has 6 nitrogen and oxygen atoms in total. The van der Waals surface area contributed by atoms with Gasteiger partial charge < -0.3 is 15.5 Å². The van der Waals surface area contributed by atoms with Crippen molar-refractivity contribution in [3.05, 3.63) is 42.7 Å². The van der Waals surface area contributed by atoms with Crippen LogP contribution in [-0.4, -0.2) is 87.2 Å². The minimum Gasteiger partial charge on any atom is -0.367 e. The van der Waals surface area contributed by atoms with Crippen LogP contribution in [0.4, 0.5) is 10.1 Å². The molecule has 0 amide bonds. The molecule has 180 valence electrons. The number of rotatable bonds is 9. The van der Waals surface area contributed by atoms with E-state index in [1.165, 1.54) is 0 Å². The molecule has 0 radical (unpaired) electrons. The van der Waals surface area contributed by atoms with E-state index in [9.17, 15) is 4.39 Å². The number of aliphatic imine (C=N–C) groups is 1. The molecule has 0 unspecified atom stereocenters. The van der Waals surface area contributed by atoms with Crippen molar-refractivity contribution in [3.8, 4) is 0 Å². The third-order valence-electron chi connectivity index (χ3n) is 6.13. The molecule has 8 heteroatoms. The van der Waals surface area contributed by atoms with E-state index in [0.29, 0.717) is 6.04 Å². The molecular weight excluding hydrogens is 518 g/mol. The lowest BCUT2D eigenvalue weighted by atomic mass is 10.1. The largest absolute Gasteiger partial charge is 0.367 e. The zero-order valence-electron chi connectivity index (χ0n) is 19.4. The fraction of sp³-hybridized carbons (Fsp3) is 0.625. The Balaban J connectivity index is 0.00000363. The highest BCUT2D eigenvalue weighted by Gasteiger charge is 2.20. The standard InChI is InChI=1S/C24H39FN6.HI/c1-3-13-29-15-10-21(11-16-29)28-24(26-4-2)27-12-7-14-30-17-19-31(20-18-30)23-9-6-5-8-22(23)25;/h3,5-6,8-9,21H,1,4,7,10-20H2,2H3,(H2,26,27,28);1H. The highest BCUT2D eigenvalue weighted by Crippen LogP contribution is 2.20. The molecule has 2 aliphatic rings. The van der Waals surface area contributed by atoms with Gasteiger partial charge in [-0.05, 0) is 38.3 Å². The predicted molar refractivity (Wildman–Crippen MR) is 144 cm³/mol. The van der Waals surface area contributed by atoms with E-state index in [1.54, 1.807) is 12.1 Å². The highest BCUT2D eigenvalue weighted by atomic mass is 127. The first-order valence-corrected chi connectivity index (χ1v) is 11.8. The maximum absolute atomic E-state index is 14.0. The molecule has 2 fully saturated rings.